The first-order valence-electron chi connectivity index (χ1n) is 7.02. The molecule has 0 spiro atoms. The molecule has 2 rings (SSSR count). The van der Waals surface area contributed by atoms with Crippen LogP contribution in [-0.2, 0) is 6.54 Å². The van der Waals surface area contributed by atoms with Crippen LogP contribution in [0.2, 0.25) is 0 Å². The van der Waals surface area contributed by atoms with Crippen LogP contribution in [0.25, 0.3) is 0 Å². The average molecular weight is 260 g/mol. The van der Waals surface area contributed by atoms with Crippen LogP contribution in [0, 0.1) is 29.0 Å². The number of nitrogens with zero attached hydrogens (tertiary/aromatic N) is 1. The second-order valence-electron chi connectivity index (χ2n) is 5.81. The standard InChI is InChI=1S/C16H21FN2/c1-11-3-6-16(12(2)7-11)19-10-13-4-5-15(17)14(8-13)9-18/h4-5,8,11-12,16,19H,3,6-7,10H2,1-2H3. The first-order valence-corrected chi connectivity index (χ1v) is 7.02. The van der Waals surface area contributed by atoms with Crippen molar-refractivity contribution in [2.45, 2.75) is 45.7 Å². The van der Waals surface area contributed by atoms with Crippen molar-refractivity contribution in [3.63, 3.8) is 0 Å². The molecule has 3 atom stereocenters. The molecule has 1 aliphatic rings. The Morgan fingerprint density at radius 3 is 2.84 bits per heavy atom. The van der Waals surface area contributed by atoms with Crippen LogP contribution >= 0.6 is 0 Å². The van der Waals surface area contributed by atoms with Crippen LogP contribution in [0.3, 0.4) is 0 Å². The zero-order chi connectivity index (χ0) is 13.8. The van der Waals surface area contributed by atoms with Gasteiger partial charge in [0.1, 0.15) is 11.9 Å². The molecule has 1 fully saturated rings. The first-order chi connectivity index (χ1) is 9.10. The van der Waals surface area contributed by atoms with Crippen molar-refractivity contribution in [3.8, 4) is 6.07 Å². The SMILES string of the molecule is CC1CCC(NCc2ccc(F)c(C#N)c2)C(C)C1. The van der Waals surface area contributed by atoms with Gasteiger partial charge in [0.05, 0.1) is 5.56 Å². The topological polar surface area (TPSA) is 35.8 Å². The van der Waals surface area contributed by atoms with Crippen molar-refractivity contribution < 1.29 is 4.39 Å². The van der Waals surface area contributed by atoms with Gasteiger partial charge >= 0.3 is 0 Å². The van der Waals surface area contributed by atoms with Crippen LogP contribution in [0.15, 0.2) is 18.2 Å². The third-order valence-corrected chi connectivity index (χ3v) is 4.15. The summed E-state index contributed by atoms with van der Waals surface area (Å²) in [5, 5.41) is 12.4. The molecule has 0 heterocycles. The molecule has 102 valence electrons. The van der Waals surface area contributed by atoms with E-state index in [1.165, 1.54) is 25.3 Å². The van der Waals surface area contributed by atoms with Gasteiger partial charge in [-0.05, 0) is 48.8 Å². The van der Waals surface area contributed by atoms with Gasteiger partial charge in [-0.25, -0.2) is 4.39 Å². The molecule has 1 aromatic carbocycles. The fraction of sp³-hybridized carbons (Fsp3) is 0.562. The summed E-state index contributed by atoms with van der Waals surface area (Å²) in [6, 6.07) is 7.18. The molecule has 1 saturated carbocycles. The van der Waals surface area contributed by atoms with Crippen molar-refractivity contribution in [2.75, 3.05) is 0 Å². The Morgan fingerprint density at radius 2 is 2.16 bits per heavy atom. The van der Waals surface area contributed by atoms with Crippen LogP contribution in [0.1, 0.15) is 44.2 Å². The van der Waals surface area contributed by atoms with Gasteiger partial charge in [-0.3, -0.25) is 0 Å². The summed E-state index contributed by atoms with van der Waals surface area (Å²) in [7, 11) is 0. The average Bonchev–Trinajstić information content (AvgIpc) is 2.39. The molecule has 3 heteroatoms. The number of benzene rings is 1. The van der Waals surface area contributed by atoms with Crippen molar-refractivity contribution in [2.24, 2.45) is 11.8 Å². The van der Waals surface area contributed by atoms with E-state index >= 15 is 0 Å². The summed E-state index contributed by atoms with van der Waals surface area (Å²) >= 11 is 0. The number of nitrogens with one attached hydrogen (secondary N) is 1. The largest absolute Gasteiger partial charge is 0.310 e. The summed E-state index contributed by atoms with van der Waals surface area (Å²) in [5.41, 5.74) is 1.10. The van der Waals surface area contributed by atoms with Crippen molar-refractivity contribution >= 4 is 0 Å². The summed E-state index contributed by atoms with van der Waals surface area (Å²) < 4.78 is 13.2. The number of rotatable bonds is 3. The maximum absolute atomic E-state index is 13.2. The molecule has 0 amide bonds. The van der Waals surface area contributed by atoms with E-state index in [2.05, 4.69) is 19.2 Å². The molecule has 0 bridgehead atoms. The fourth-order valence-corrected chi connectivity index (χ4v) is 2.99. The monoisotopic (exact) mass is 260 g/mol. The highest BCUT2D eigenvalue weighted by atomic mass is 19.1. The lowest BCUT2D eigenvalue weighted by Gasteiger charge is -2.33. The number of nitriles is 1. The van der Waals surface area contributed by atoms with Crippen LogP contribution in [0.5, 0.6) is 0 Å². The van der Waals surface area contributed by atoms with Crippen LogP contribution in [0.4, 0.5) is 4.39 Å². The molecule has 1 N–H and O–H groups in total. The summed E-state index contributed by atoms with van der Waals surface area (Å²) in [5.74, 6) is 1.06. The Labute approximate surface area is 114 Å². The molecule has 1 aromatic rings. The van der Waals surface area contributed by atoms with Gasteiger partial charge in [-0.15, -0.1) is 0 Å². The van der Waals surface area contributed by atoms with E-state index in [1.807, 2.05) is 6.07 Å². The van der Waals surface area contributed by atoms with Gasteiger partial charge in [0.2, 0.25) is 0 Å². The normalized spacial score (nSPS) is 26.9. The van der Waals surface area contributed by atoms with Crippen molar-refractivity contribution in [3.05, 3.63) is 35.1 Å². The minimum atomic E-state index is -0.439. The molecular formula is C16H21FN2. The van der Waals surface area contributed by atoms with Gasteiger partial charge in [-0.2, -0.15) is 5.26 Å². The van der Waals surface area contributed by atoms with E-state index < -0.39 is 5.82 Å². The molecule has 3 unspecified atom stereocenters. The van der Waals surface area contributed by atoms with Gasteiger partial charge in [0.25, 0.3) is 0 Å². The lowest BCUT2D eigenvalue weighted by atomic mass is 9.80. The van der Waals surface area contributed by atoms with Gasteiger partial charge < -0.3 is 5.32 Å². The molecule has 1 aliphatic carbocycles. The second-order valence-corrected chi connectivity index (χ2v) is 5.81. The highest BCUT2D eigenvalue weighted by Crippen LogP contribution is 2.28. The van der Waals surface area contributed by atoms with E-state index in [0.717, 1.165) is 11.5 Å². The quantitative estimate of drug-likeness (QED) is 0.901. The fourth-order valence-electron chi connectivity index (χ4n) is 2.99. The zero-order valence-corrected chi connectivity index (χ0v) is 11.6. The van der Waals surface area contributed by atoms with Crippen molar-refractivity contribution in [1.29, 1.82) is 5.26 Å². The Hall–Kier alpha value is -1.40. The number of hydrogen-bond acceptors (Lipinski definition) is 2. The summed E-state index contributed by atoms with van der Waals surface area (Å²) in [6.07, 6.45) is 3.74. The Bertz CT molecular complexity index is 478. The number of hydrogen-bond donors (Lipinski definition) is 1. The Balaban J connectivity index is 1.94. The van der Waals surface area contributed by atoms with E-state index in [1.54, 1.807) is 12.1 Å². The molecule has 0 radical (unpaired) electrons. The molecule has 2 nitrogen and oxygen atoms in total. The van der Waals surface area contributed by atoms with E-state index in [-0.39, 0.29) is 5.56 Å². The van der Waals surface area contributed by atoms with Crippen LogP contribution < -0.4 is 5.32 Å². The first kappa shape index (κ1) is 14.0. The van der Waals surface area contributed by atoms with Crippen molar-refractivity contribution in [1.82, 2.24) is 5.32 Å². The lowest BCUT2D eigenvalue weighted by Crippen LogP contribution is -2.38. The van der Waals surface area contributed by atoms with Gasteiger partial charge in [-0.1, -0.05) is 19.9 Å². The van der Waals surface area contributed by atoms with E-state index in [4.69, 9.17) is 5.26 Å². The minimum Gasteiger partial charge on any atom is -0.310 e. The van der Waals surface area contributed by atoms with E-state index in [0.29, 0.717) is 18.5 Å². The predicted molar refractivity (Wildman–Crippen MR) is 73.9 cm³/mol. The molecule has 0 saturated heterocycles. The Kier molecular flexibility index (Phi) is 4.55. The maximum Gasteiger partial charge on any atom is 0.140 e. The van der Waals surface area contributed by atoms with Gasteiger partial charge in [0.15, 0.2) is 0 Å². The van der Waals surface area contributed by atoms with Crippen LogP contribution in [-0.4, -0.2) is 6.04 Å². The smallest absolute Gasteiger partial charge is 0.140 e. The highest BCUT2D eigenvalue weighted by molar-refractivity contribution is 5.34. The van der Waals surface area contributed by atoms with Gasteiger partial charge in [0, 0.05) is 12.6 Å². The van der Waals surface area contributed by atoms with E-state index in [9.17, 15) is 4.39 Å². The number of halogens is 1. The highest BCUT2D eigenvalue weighted by Gasteiger charge is 2.24. The zero-order valence-electron chi connectivity index (χ0n) is 11.6. The molecule has 0 aliphatic heterocycles. The minimum absolute atomic E-state index is 0.129. The molecular weight excluding hydrogens is 239 g/mol. The maximum atomic E-state index is 13.2. The predicted octanol–water partition coefficient (Wildman–Crippen LogP) is 3.61. The molecule has 0 aromatic heterocycles. The third kappa shape index (κ3) is 3.54. The lowest BCUT2D eigenvalue weighted by molar-refractivity contribution is 0.227. The third-order valence-electron chi connectivity index (χ3n) is 4.15. The summed E-state index contributed by atoms with van der Waals surface area (Å²) in [6.45, 7) is 5.31. The Morgan fingerprint density at radius 1 is 1.37 bits per heavy atom. The summed E-state index contributed by atoms with van der Waals surface area (Å²) in [4.78, 5) is 0. The molecule has 19 heavy (non-hydrogen) atoms. The second kappa shape index (κ2) is 6.16.